The first-order valence-corrected chi connectivity index (χ1v) is 14.4. The van der Waals surface area contributed by atoms with Crippen LogP contribution >= 0.6 is 0 Å². The van der Waals surface area contributed by atoms with Gasteiger partial charge in [-0.25, -0.2) is 9.78 Å². The summed E-state index contributed by atoms with van der Waals surface area (Å²) in [6, 6.07) is 7.33. The van der Waals surface area contributed by atoms with Gasteiger partial charge in [-0.2, -0.15) is 0 Å². The molecule has 2 atom stereocenters. The molecular formula is C31H40N2O5. The third-order valence-electron chi connectivity index (χ3n) is 8.64. The van der Waals surface area contributed by atoms with E-state index in [0.717, 1.165) is 48.8 Å². The van der Waals surface area contributed by atoms with E-state index in [4.69, 9.17) is 14.1 Å². The van der Waals surface area contributed by atoms with Crippen LogP contribution in [-0.4, -0.2) is 46.6 Å². The number of carbonyl (C=O) groups excluding carboxylic acids is 1. The fourth-order valence-corrected chi connectivity index (χ4v) is 6.41. The number of likely N-dealkylation sites (tertiary alicyclic amines) is 1. The standard InChI is InChI=1S/C31H40N2O5/c1-21-28(32-30(38-21)23-7-3-2-4-8-23)15-16-37-27-13-11-22(12-14-27)17-26(31(35)36)18-29(34)33-19-24-9-5-6-10-25(24)20-33/h11-14,17,23-25H,2-10,15-16,18-20H2,1H3,(H,35,36)/b26-17-/t24-,25+. The summed E-state index contributed by atoms with van der Waals surface area (Å²) in [5.74, 6) is 2.96. The smallest absolute Gasteiger partial charge is 0.332 e. The number of carboxylic acids is 1. The maximum absolute atomic E-state index is 12.9. The average Bonchev–Trinajstić information content (AvgIpc) is 3.53. The number of ether oxygens (including phenoxy) is 1. The van der Waals surface area contributed by atoms with Crippen LogP contribution in [0.1, 0.15) is 93.0 Å². The molecule has 0 unspecified atom stereocenters. The molecule has 5 rings (SSSR count). The summed E-state index contributed by atoms with van der Waals surface area (Å²) in [5, 5.41) is 9.74. The van der Waals surface area contributed by atoms with Crippen LogP contribution in [0.25, 0.3) is 6.08 Å². The zero-order valence-corrected chi connectivity index (χ0v) is 22.5. The summed E-state index contributed by atoms with van der Waals surface area (Å²) in [6.45, 7) is 4.01. The van der Waals surface area contributed by atoms with Gasteiger partial charge >= 0.3 is 5.97 Å². The number of carbonyl (C=O) groups is 2. The van der Waals surface area contributed by atoms with Gasteiger partial charge < -0.3 is 19.2 Å². The molecule has 0 spiro atoms. The fourth-order valence-electron chi connectivity index (χ4n) is 6.41. The number of carboxylic acid groups (broad SMARTS) is 1. The normalized spacial score (nSPS) is 22.3. The summed E-state index contributed by atoms with van der Waals surface area (Å²) in [7, 11) is 0. The summed E-state index contributed by atoms with van der Waals surface area (Å²) in [6.07, 6.45) is 13.2. The van der Waals surface area contributed by atoms with E-state index >= 15 is 0 Å². The minimum absolute atomic E-state index is 0.0765. The Hall–Kier alpha value is -3.09. The van der Waals surface area contributed by atoms with Gasteiger partial charge in [-0.3, -0.25) is 4.79 Å². The largest absolute Gasteiger partial charge is 0.493 e. The van der Waals surface area contributed by atoms with Gasteiger partial charge in [0.1, 0.15) is 11.5 Å². The van der Waals surface area contributed by atoms with Crippen molar-refractivity contribution in [2.75, 3.05) is 19.7 Å². The van der Waals surface area contributed by atoms with Gasteiger partial charge in [0.2, 0.25) is 5.91 Å². The van der Waals surface area contributed by atoms with Crippen LogP contribution in [0.15, 0.2) is 34.3 Å². The molecule has 204 valence electrons. The van der Waals surface area contributed by atoms with Crippen LogP contribution in [-0.2, 0) is 16.0 Å². The van der Waals surface area contributed by atoms with Crippen LogP contribution in [0.2, 0.25) is 0 Å². The molecule has 0 bridgehead atoms. The molecule has 1 amide bonds. The highest BCUT2D eigenvalue weighted by atomic mass is 16.5. The van der Waals surface area contributed by atoms with E-state index in [1.165, 1.54) is 44.9 Å². The number of aliphatic carboxylic acids is 1. The fraction of sp³-hybridized carbons (Fsp3) is 0.581. The molecule has 2 aliphatic carbocycles. The molecule has 38 heavy (non-hydrogen) atoms. The molecule has 3 fully saturated rings. The second-order valence-electron chi connectivity index (χ2n) is 11.3. The zero-order chi connectivity index (χ0) is 26.5. The van der Waals surface area contributed by atoms with Crippen molar-refractivity contribution in [1.29, 1.82) is 0 Å². The number of rotatable bonds is 9. The molecule has 1 aromatic carbocycles. The Morgan fingerprint density at radius 1 is 1.03 bits per heavy atom. The van der Waals surface area contributed by atoms with Crippen molar-refractivity contribution in [1.82, 2.24) is 9.88 Å². The molecule has 3 aliphatic rings. The average molecular weight is 521 g/mol. The molecule has 7 heteroatoms. The van der Waals surface area contributed by atoms with Crippen molar-refractivity contribution in [3.8, 4) is 5.75 Å². The van der Waals surface area contributed by atoms with Crippen molar-refractivity contribution in [2.45, 2.75) is 83.5 Å². The van der Waals surface area contributed by atoms with E-state index in [-0.39, 0.29) is 17.9 Å². The lowest BCUT2D eigenvalue weighted by molar-refractivity contribution is -0.136. The van der Waals surface area contributed by atoms with Crippen molar-refractivity contribution in [3.05, 3.63) is 52.7 Å². The van der Waals surface area contributed by atoms with Crippen LogP contribution in [0, 0.1) is 18.8 Å². The Morgan fingerprint density at radius 2 is 1.68 bits per heavy atom. The number of hydrogen-bond acceptors (Lipinski definition) is 5. The van der Waals surface area contributed by atoms with Crippen LogP contribution in [0.5, 0.6) is 5.75 Å². The van der Waals surface area contributed by atoms with E-state index < -0.39 is 5.97 Å². The quantitative estimate of drug-likeness (QED) is 0.398. The number of nitrogens with zero attached hydrogens (tertiary/aromatic N) is 2. The van der Waals surface area contributed by atoms with Crippen LogP contribution < -0.4 is 4.74 Å². The minimum Gasteiger partial charge on any atom is -0.493 e. The number of benzene rings is 1. The predicted octanol–water partition coefficient (Wildman–Crippen LogP) is 6.16. The van der Waals surface area contributed by atoms with Gasteiger partial charge in [0.05, 0.1) is 18.7 Å². The third kappa shape index (κ3) is 6.48. The zero-order valence-electron chi connectivity index (χ0n) is 22.5. The molecule has 2 heterocycles. The Balaban J connectivity index is 1.13. The summed E-state index contributed by atoms with van der Waals surface area (Å²) in [4.78, 5) is 31.4. The van der Waals surface area contributed by atoms with Crippen LogP contribution in [0.4, 0.5) is 0 Å². The van der Waals surface area contributed by atoms with E-state index in [1.54, 1.807) is 6.08 Å². The maximum atomic E-state index is 12.9. The molecule has 2 saturated carbocycles. The molecule has 0 radical (unpaired) electrons. The van der Waals surface area contributed by atoms with Gasteiger partial charge in [-0.05, 0) is 68.2 Å². The van der Waals surface area contributed by atoms with E-state index in [2.05, 4.69) is 0 Å². The minimum atomic E-state index is -1.05. The highest BCUT2D eigenvalue weighted by Crippen LogP contribution is 2.36. The third-order valence-corrected chi connectivity index (χ3v) is 8.64. The van der Waals surface area contributed by atoms with E-state index in [9.17, 15) is 14.7 Å². The Kier molecular flexibility index (Phi) is 8.50. The Labute approximate surface area is 225 Å². The molecule has 1 saturated heterocycles. The van der Waals surface area contributed by atoms with Gasteiger partial charge in [-0.15, -0.1) is 0 Å². The van der Waals surface area contributed by atoms with Crippen molar-refractivity contribution in [3.63, 3.8) is 0 Å². The lowest BCUT2D eigenvalue weighted by Gasteiger charge is -2.22. The first-order chi connectivity index (χ1) is 18.5. The lowest BCUT2D eigenvalue weighted by Crippen LogP contribution is -2.29. The molecule has 1 N–H and O–H groups in total. The first-order valence-electron chi connectivity index (χ1n) is 14.4. The van der Waals surface area contributed by atoms with Crippen molar-refractivity contribution < 1.29 is 23.8 Å². The second kappa shape index (κ2) is 12.2. The number of aryl methyl sites for hydroxylation is 1. The number of aromatic nitrogens is 1. The number of amides is 1. The van der Waals surface area contributed by atoms with E-state index in [1.807, 2.05) is 36.1 Å². The number of oxazole rings is 1. The molecule has 1 aliphatic heterocycles. The molecule has 7 nitrogen and oxygen atoms in total. The maximum Gasteiger partial charge on any atom is 0.332 e. The lowest BCUT2D eigenvalue weighted by atomic mass is 9.82. The summed E-state index contributed by atoms with van der Waals surface area (Å²) in [5.41, 5.74) is 1.81. The van der Waals surface area contributed by atoms with Gasteiger partial charge in [0.25, 0.3) is 0 Å². The summed E-state index contributed by atoms with van der Waals surface area (Å²) < 4.78 is 11.9. The Bertz CT molecular complexity index is 1130. The van der Waals surface area contributed by atoms with Gasteiger partial charge in [-0.1, -0.05) is 44.2 Å². The molecular weight excluding hydrogens is 480 g/mol. The van der Waals surface area contributed by atoms with Crippen molar-refractivity contribution in [2.24, 2.45) is 11.8 Å². The topological polar surface area (TPSA) is 92.9 Å². The SMILES string of the molecule is Cc1oc(C2CCCCC2)nc1CCOc1ccc(/C=C(/CC(=O)N2C[C@H]3CCCC[C@H]3C2)C(=O)O)cc1. The van der Waals surface area contributed by atoms with Crippen molar-refractivity contribution >= 4 is 18.0 Å². The van der Waals surface area contributed by atoms with Gasteiger partial charge in [0.15, 0.2) is 5.89 Å². The highest BCUT2D eigenvalue weighted by Gasteiger charge is 2.36. The number of fused-ring (bicyclic) bond motifs is 1. The van der Waals surface area contributed by atoms with E-state index in [0.29, 0.717) is 36.5 Å². The summed E-state index contributed by atoms with van der Waals surface area (Å²) >= 11 is 0. The first kappa shape index (κ1) is 26.5. The number of hydrogen-bond donors (Lipinski definition) is 1. The van der Waals surface area contributed by atoms with Gasteiger partial charge in [0, 0.05) is 31.0 Å². The molecule has 1 aromatic heterocycles. The van der Waals surface area contributed by atoms with Crippen LogP contribution in [0.3, 0.4) is 0 Å². The second-order valence-corrected chi connectivity index (χ2v) is 11.3. The monoisotopic (exact) mass is 520 g/mol. The highest BCUT2D eigenvalue weighted by molar-refractivity contribution is 5.98. The molecule has 2 aromatic rings. The Morgan fingerprint density at radius 3 is 2.34 bits per heavy atom. The predicted molar refractivity (Wildman–Crippen MR) is 145 cm³/mol.